The van der Waals surface area contributed by atoms with Crippen LogP contribution in [0.25, 0.3) is 5.65 Å². The van der Waals surface area contributed by atoms with Gasteiger partial charge in [0, 0.05) is 29.5 Å². The normalized spacial score (nSPS) is 11.0. The fraction of sp³-hybridized carbons (Fsp3) is 0.222. The van der Waals surface area contributed by atoms with Crippen molar-refractivity contribution < 1.29 is 0 Å². The van der Waals surface area contributed by atoms with Crippen molar-refractivity contribution >= 4 is 17.2 Å². The summed E-state index contributed by atoms with van der Waals surface area (Å²) in [4.78, 5) is 4.35. The van der Waals surface area contributed by atoms with E-state index in [9.17, 15) is 0 Å². The zero-order valence-electron chi connectivity index (χ0n) is 7.29. The second kappa shape index (κ2) is 3.01. The van der Waals surface area contributed by atoms with E-state index in [1.54, 1.807) is 0 Å². The zero-order chi connectivity index (χ0) is 9.42. The Morgan fingerprint density at radius 1 is 1.62 bits per heavy atom. The van der Waals surface area contributed by atoms with Gasteiger partial charge >= 0.3 is 0 Å². The maximum atomic E-state index is 5.84. The Bertz CT molecular complexity index is 447. The number of pyridine rings is 1. The summed E-state index contributed by atoms with van der Waals surface area (Å²) in [5.41, 5.74) is 8.39. The van der Waals surface area contributed by atoms with Crippen LogP contribution >= 0.6 is 11.6 Å². The zero-order valence-corrected chi connectivity index (χ0v) is 8.04. The lowest BCUT2D eigenvalue weighted by Gasteiger charge is -1.95. The monoisotopic (exact) mass is 195 g/mol. The second-order valence-electron chi connectivity index (χ2n) is 2.92. The van der Waals surface area contributed by atoms with Crippen molar-refractivity contribution in [3.63, 3.8) is 0 Å². The fourth-order valence-corrected chi connectivity index (χ4v) is 1.54. The van der Waals surface area contributed by atoms with E-state index in [4.69, 9.17) is 17.3 Å². The smallest absolute Gasteiger partial charge is 0.138 e. The minimum absolute atomic E-state index is 0.463. The lowest BCUT2D eigenvalue weighted by Crippen LogP contribution is -1.98. The Labute approximate surface area is 81.1 Å². The van der Waals surface area contributed by atoms with Crippen LogP contribution in [0, 0.1) is 6.92 Å². The third kappa shape index (κ3) is 1.30. The van der Waals surface area contributed by atoms with Crippen molar-refractivity contribution in [2.75, 3.05) is 0 Å². The molecule has 2 rings (SSSR count). The molecule has 0 spiro atoms. The van der Waals surface area contributed by atoms with Crippen molar-refractivity contribution in [3.8, 4) is 0 Å². The van der Waals surface area contributed by atoms with Gasteiger partial charge in [-0.05, 0) is 13.0 Å². The Balaban J connectivity index is 2.76. The molecule has 3 nitrogen and oxygen atoms in total. The predicted molar refractivity (Wildman–Crippen MR) is 52.8 cm³/mol. The molecule has 0 fully saturated rings. The summed E-state index contributed by atoms with van der Waals surface area (Å²) >= 11 is 5.84. The predicted octanol–water partition coefficient (Wildman–Crippen LogP) is 1.75. The van der Waals surface area contributed by atoms with Gasteiger partial charge in [-0.25, -0.2) is 4.98 Å². The first-order chi connectivity index (χ1) is 6.22. The summed E-state index contributed by atoms with van der Waals surface area (Å²) in [6.07, 6.45) is 1.90. The third-order valence-electron chi connectivity index (χ3n) is 2.12. The summed E-state index contributed by atoms with van der Waals surface area (Å²) in [6.45, 7) is 2.46. The van der Waals surface area contributed by atoms with Gasteiger partial charge in [0.25, 0.3) is 0 Å². The van der Waals surface area contributed by atoms with Crippen LogP contribution in [0.1, 0.15) is 11.4 Å². The lowest BCUT2D eigenvalue weighted by atomic mass is 10.3. The number of hydrogen-bond donors (Lipinski definition) is 1. The summed E-state index contributed by atoms with van der Waals surface area (Å²) < 4.78 is 1.98. The van der Waals surface area contributed by atoms with Crippen LogP contribution in [0.15, 0.2) is 18.3 Å². The Morgan fingerprint density at radius 2 is 2.38 bits per heavy atom. The molecule has 2 aromatic heterocycles. The first-order valence-electron chi connectivity index (χ1n) is 4.05. The number of halogens is 1. The van der Waals surface area contributed by atoms with Crippen molar-refractivity contribution in [3.05, 3.63) is 34.7 Å². The van der Waals surface area contributed by atoms with E-state index in [1.165, 1.54) is 0 Å². The average Bonchev–Trinajstić information content (AvgIpc) is 2.42. The number of aryl methyl sites for hydroxylation is 1. The molecule has 0 aliphatic heterocycles. The summed E-state index contributed by atoms with van der Waals surface area (Å²) in [6, 6.07) is 3.66. The fourth-order valence-electron chi connectivity index (χ4n) is 1.38. The second-order valence-corrected chi connectivity index (χ2v) is 3.36. The van der Waals surface area contributed by atoms with Gasteiger partial charge in [0.05, 0.1) is 5.69 Å². The van der Waals surface area contributed by atoms with Crippen LogP contribution < -0.4 is 5.73 Å². The lowest BCUT2D eigenvalue weighted by molar-refractivity contribution is 0.982. The third-order valence-corrected chi connectivity index (χ3v) is 2.35. The molecule has 2 aromatic rings. The molecular weight excluding hydrogens is 186 g/mol. The summed E-state index contributed by atoms with van der Waals surface area (Å²) in [5, 5.41) is 0.695. The molecule has 0 amide bonds. The van der Waals surface area contributed by atoms with E-state index in [0.29, 0.717) is 11.6 Å². The summed E-state index contributed by atoms with van der Waals surface area (Å²) in [5.74, 6) is 0. The number of imidazole rings is 1. The molecule has 0 aliphatic rings. The largest absolute Gasteiger partial charge is 0.325 e. The van der Waals surface area contributed by atoms with Gasteiger partial charge in [0.1, 0.15) is 5.65 Å². The minimum atomic E-state index is 0.463. The van der Waals surface area contributed by atoms with E-state index in [-0.39, 0.29) is 0 Å². The van der Waals surface area contributed by atoms with Crippen molar-refractivity contribution in [2.24, 2.45) is 5.73 Å². The van der Waals surface area contributed by atoms with Gasteiger partial charge in [0.15, 0.2) is 0 Å². The maximum absolute atomic E-state index is 5.84. The number of fused-ring (bicyclic) bond motifs is 1. The van der Waals surface area contributed by atoms with Crippen LogP contribution in [0.2, 0.25) is 5.02 Å². The van der Waals surface area contributed by atoms with Crippen LogP contribution in [0.4, 0.5) is 0 Å². The number of hydrogen-bond acceptors (Lipinski definition) is 2. The van der Waals surface area contributed by atoms with Crippen LogP contribution in [-0.2, 0) is 6.54 Å². The Hall–Kier alpha value is -1.06. The molecule has 0 aromatic carbocycles. The molecule has 4 heteroatoms. The molecule has 2 heterocycles. The van der Waals surface area contributed by atoms with Gasteiger partial charge in [-0.3, -0.25) is 0 Å². The highest BCUT2D eigenvalue weighted by Crippen LogP contribution is 2.15. The Morgan fingerprint density at radius 3 is 3.08 bits per heavy atom. The first-order valence-corrected chi connectivity index (χ1v) is 4.43. The molecular formula is C9H10ClN3. The molecule has 0 bridgehead atoms. The van der Waals surface area contributed by atoms with Crippen LogP contribution in [-0.4, -0.2) is 9.38 Å². The molecule has 0 atom stereocenters. The van der Waals surface area contributed by atoms with E-state index in [2.05, 4.69) is 4.98 Å². The topological polar surface area (TPSA) is 43.3 Å². The molecule has 13 heavy (non-hydrogen) atoms. The number of aromatic nitrogens is 2. The van der Waals surface area contributed by atoms with Crippen molar-refractivity contribution in [1.29, 1.82) is 0 Å². The quantitative estimate of drug-likeness (QED) is 0.754. The SMILES string of the molecule is Cc1c(CN)nc2cc(Cl)ccn12. The van der Waals surface area contributed by atoms with E-state index < -0.39 is 0 Å². The number of nitrogens with zero attached hydrogens (tertiary/aromatic N) is 2. The Kier molecular flexibility index (Phi) is 1.98. The van der Waals surface area contributed by atoms with E-state index in [1.807, 2.05) is 29.7 Å². The highest BCUT2D eigenvalue weighted by Gasteiger charge is 2.05. The molecule has 0 radical (unpaired) electrons. The number of rotatable bonds is 1. The van der Waals surface area contributed by atoms with Gasteiger partial charge in [-0.15, -0.1) is 0 Å². The molecule has 0 unspecified atom stereocenters. The van der Waals surface area contributed by atoms with Crippen molar-refractivity contribution in [1.82, 2.24) is 9.38 Å². The number of nitrogens with two attached hydrogens (primary N) is 1. The highest BCUT2D eigenvalue weighted by molar-refractivity contribution is 6.30. The molecule has 2 N–H and O–H groups in total. The molecule has 0 saturated heterocycles. The minimum Gasteiger partial charge on any atom is -0.325 e. The standard InChI is InChI=1S/C9H10ClN3/c1-6-8(5-11)12-9-4-7(10)2-3-13(6)9/h2-4H,5,11H2,1H3. The van der Waals surface area contributed by atoms with E-state index >= 15 is 0 Å². The first kappa shape index (κ1) is 8.53. The van der Waals surface area contributed by atoms with Crippen LogP contribution in [0.3, 0.4) is 0 Å². The van der Waals surface area contributed by atoms with Crippen LogP contribution in [0.5, 0.6) is 0 Å². The molecule has 68 valence electrons. The molecule has 0 aliphatic carbocycles. The van der Waals surface area contributed by atoms with Gasteiger partial charge in [-0.1, -0.05) is 11.6 Å². The maximum Gasteiger partial charge on any atom is 0.138 e. The van der Waals surface area contributed by atoms with Crippen molar-refractivity contribution in [2.45, 2.75) is 13.5 Å². The van der Waals surface area contributed by atoms with Gasteiger partial charge in [0.2, 0.25) is 0 Å². The van der Waals surface area contributed by atoms with Gasteiger partial charge < -0.3 is 10.1 Å². The highest BCUT2D eigenvalue weighted by atomic mass is 35.5. The summed E-state index contributed by atoms with van der Waals surface area (Å²) in [7, 11) is 0. The molecule has 0 saturated carbocycles. The van der Waals surface area contributed by atoms with E-state index in [0.717, 1.165) is 17.0 Å². The average molecular weight is 196 g/mol. The van der Waals surface area contributed by atoms with Gasteiger partial charge in [-0.2, -0.15) is 0 Å².